The zero-order valence-electron chi connectivity index (χ0n) is 11.6. The van der Waals surface area contributed by atoms with E-state index in [0.29, 0.717) is 12.1 Å². The number of benzene rings is 1. The Balaban J connectivity index is 2.09. The molecule has 3 atom stereocenters. The summed E-state index contributed by atoms with van der Waals surface area (Å²) >= 11 is 0. The molecule has 0 spiro atoms. The lowest BCUT2D eigenvalue weighted by Crippen LogP contribution is -2.36. The summed E-state index contributed by atoms with van der Waals surface area (Å²) in [6, 6.07) is 9.24. The second-order valence-electron chi connectivity index (χ2n) is 5.15. The van der Waals surface area contributed by atoms with Gasteiger partial charge in [-0.25, -0.2) is 0 Å². The monoisotopic (exact) mass is 248 g/mol. The minimum Gasteiger partial charge on any atom is -0.376 e. The van der Waals surface area contributed by atoms with E-state index >= 15 is 0 Å². The fourth-order valence-corrected chi connectivity index (χ4v) is 2.61. The van der Waals surface area contributed by atoms with Crippen LogP contribution < -0.4 is 10.6 Å². The maximum absolute atomic E-state index is 6.03. The van der Waals surface area contributed by atoms with Crippen LogP contribution >= 0.6 is 0 Å². The molecule has 1 saturated heterocycles. The molecule has 0 radical (unpaired) electrons. The molecule has 2 unspecified atom stereocenters. The van der Waals surface area contributed by atoms with Crippen molar-refractivity contribution in [1.29, 1.82) is 0 Å². The van der Waals surface area contributed by atoms with E-state index in [0.717, 1.165) is 19.4 Å². The highest BCUT2D eigenvalue weighted by Crippen LogP contribution is 2.25. The normalized spacial score (nSPS) is 25.1. The van der Waals surface area contributed by atoms with Gasteiger partial charge in [0.1, 0.15) is 0 Å². The molecular weight excluding hydrogens is 224 g/mol. The summed E-state index contributed by atoms with van der Waals surface area (Å²) < 4.78 is 5.63. The topological polar surface area (TPSA) is 38.5 Å². The van der Waals surface area contributed by atoms with Gasteiger partial charge in [0.15, 0.2) is 0 Å². The number of hydrogen-bond donors (Lipinski definition) is 1. The highest BCUT2D eigenvalue weighted by atomic mass is 16.5. The van der Waals surface area contributed by atoms with E-state index < -0.39 is 0 Å². The summed E-state index contributed by atoms with van der Waals surface area (Å²) in [5.74, 6) is 0. The third-order valence-corrected chi connectivity index (χ3v) is 4.00. The van der Waals surface area contributed by atoms with Gasteiger partial charge < -0.3 is 15.4 Å². The van der Waals surface area contributed by atoms with Crippen molar-refractivity contribution in [1.82, 2.24) is 0 Å². The molecule has 1 fully saturated rings. The standard InChI is InChI=1S/C15H24N2O/c1-4-14(16)12-5-7-13(8-6-12)17(3)15-9-10-18-11(15)2/h5-8,11,14-15H,4,9-10,16H2,1-3H3/t11?,14-,15?/m0/s1. The van der Waals surface area contributed by atoms with Crippen molar-refractivity contribution in [3.8, 4) is 0 Å². The molecule has 2 rings (SSSR count). The second-order valence-corrected chi connectivity index (χ2v) is 5.15. The molecule has 0 aliphatic carbocycles. The van der Waals surface area contributed by atoms with Gasteiger partial charge in [0.25, 0.3) is 0 Å². The molecule has 0 amide bonds. The number of hydrogen-bond acceptors (Lipinski definition) is 3. The largest absolute Gasteiger partial charge is 0.376 e. The molecule has 3 nitrogen and oxygen atoms in total. The summed E-state index contributed by atoms with van der Waals surface area (Å²) in [7, 11) is 2.14. The summed E-state index contributed by atoms with van der Waals surface area (Å²) in [5, 5.41) is 0. The summed E-state index contributed by atoms with van der Waals surface area (Å²) in [6.07, 6.45) is 2.39. The van der Waals surface area contributed by atoms with E-state index in [1.54, 1.807) is 0 Å². The third kappa shape index (κ3) is 2.68. The highest BCUT2D eigenvalue weighted by Gasteiger charge is 2.27. The van der Waals surface area contributed by atoms with Crippen molar-refractivity contribution < 1.29 is 4.74 Å². The predicted molar refractivity (Wildman–Crippen MR) is 75.9 cm³/mol. The summed E-state index contributed by atoms with van der Waals surface area (Å²) in [4.78, 5) is 2.32. The van der Waals surface area contributed by atoms with E-state index in [1.165, 1.54) is 11.3 Å². The van der Waals surface area contributed by atoms with Gasteiger partial charge in [-0.05, 0) is 37.5 Å². The van der Waals surface area contributed by atoms with Crippen molar-refractivity contribution in [2.24, 2.45) is 5.73 Å². The second kappa shape index (κ2) is 5.72. The Morgan fingerprint density at radius 2 is 2.06 bits per heavy atom. The number of likely N-dealkylation sites (N-methyl/N-ethyl adjacent to an activating group) is 1. The van der Waals surface area contributed by atoms with E-state index in [-0.39, 0.29) is 6.04 Å². The molecule has 0 aromatic heterocycles. The van der Waals surface area contributed by atoms with Crippen LogP contribution in [-0.2, 0) is 4.74 Å². The van der Waals surface area contributed by atoms with Crippen molar-refractivity contribution in [2.45, 2.75) is 44.9 Å². The molecule has 0 saturated carbocycles. The van der Waals surface area contributed by atoms with Crippen LogP contribution in [-0.4, -0.2) is 25.8 Å². The van der Waals surface area contributed by atoms with E-state index in [9.17, 15) is 0 Å². The van der Waals surface area contributed by atoms with Gasteiger partial charge in [0.2, 0.25) is 0 Å². The Labute approximate surface area is 110 Å². The van der Waals surface area contributed by atoms with Crippen LogP contribution in [0.5, 0.6) is 0 Å². The van der Waals surface area contributed by atoms with Gasteiger partial charge in [0.05, 0.1) is 12.1 Å². The Kier molecular flexibility index (Phi) is 4.25. The van der Waals surface area contributed by atoms with Crippen LogP contribution in [0.2, 0.25) is 0 Å². The van der Waals surface area contributed by atoms with Crippen molar-refractivity contribution in [3.05, 3.63) is 29.8 Å². The molecule has 1 aromatic rings. The zero-order chi connectivity index (χ0) is 13.1. The Hall–Kier alpha value is -1.06. The molecule has 0 bridgehead atoms. The molecule has 3 heteroatoms. The van der Waals surface area contributed by atoms with E-state index in [4.69, 9.17) is 10.5 Å². The average Bonchev–Trinajstić information content (AvgIpc) is 2.83. The molecule has 18 heavy (non-hydrogen) atoms. The lowest BCUT2D eigenvalue weighted by molar-refractivity contribution is 0.118. The smallest absolute Gasteiger partial charge is 0.0750 e. The number of nitrogens with two attached hydrogens (primary N) is 1. The minimum atomic E-state index is 0.151. The molecule has 1 aliphatic rings. The van der Waals surface area contributed by atoms with Crippen LogP contribution in [0.15, 0.2) is 24.3 Å². The fourth-order valence-electron chi connectivity index (χ4n) is 2.61. The van der Waals surface area contributed by atoms with Gasteiger partial charge in [-0.2, -0.15) is 0 Å². The first-order chi connectivity index (χ1) is 8.63. The van der Waals surface area contributed by atoms with Gasteiger partial charge in [-0.15, -0.1) is 0 Å². The Morgan fingerprint density at radius 3 is 2.56 bits per heavy atom. The maximum Gasteiger partial charge on any atom is 0.0750 e. The minimum absolute atomic E-state index is 0.151. The fraction of sp³-hybridized carbons (Fsp3) is 0.600. The van der Waals surface area contributed by atoms with Crippen LogP contribution in [0, 0.1) is 0 Å². The van der Waals surface area contributed by atoms with Crippen LogP contribution in [0.4, 0.5) is 5.69 Å². The van der Waals surface area contributed by atoms with Crippen LogP contribution in [0.3, 0.4) is 0 Å². The predicted octanol–water partition coefficient (Wildman–Crippen LogP) is 2.71. The Morgan fingerprint density at radius 1 is 1.39 bits per heavy atom. The van der Waals surface area contributed by atoms with Gasteiger partial charge in [0, 0.05) is 25.4 Å². The van der Waals surface area contributed by atoms with Gasteiger partial charge in [-0.1, -0.05) is 19.1 Å². The molecule has 1 aliphatic heterocycles. The highest BCUT2D eigenvalue weighted by molar-refractivity contribution is 5.48. The third-order valence-electron chi connectivity index (χ3n) is 4.00. The number of ether oxygens (including phenoxy) is 1. The molecule has 2 N–H and O–H groups in total. The zero-order valence-corrected chi connectivity index (χ0v) is 11.6. The number of rotatable bonds is 4. The van der Waals surface area contributed by atoms with Crippen molar-refractivity contribution >= 4 is 5.69 Å². The van der Waals surface area contributed by atoms with E-state index in [2.05, 4.69) is 50.1 Å². The van der Waals surface area contributed by atoms with Gasteiger partial charge in [-0.3, -0.25) is 0 Å². The lowest BCUT2D eigenvalue weighted by atomic mass is 10.0. The SMILES string of the molecule is CC[C@H](N)c1ccc(N(C)C2CCOC2C)cc1. The Bertz CT molecular complexity index is 377. The average molecular weight is 248 g/mol. The lowest BCUT2D eigenvalue weighted by Gasteiger charge is -2.29. The van der Waals surface area contributed by atoms with Crippen LogP contribution in [0.25, 0.3) is 0 Å². The summed E-state index contributed by atoms with van der Waals surface area (Å²) in [5.41, 5.74) is 8.48. The van der Waals surface area contributed by atoms with Crippen molar-refractivity contribution in [2.75, 3.05) is 18.6 Å². The first kappa shape index (κ1) is 13.4. The van der Waals surface area contributed by atoms with E-state index in [1.807, 2.05) is 0 Å². The van der Waals surface area contributed by atoms with Gasteiger partial charge >= 0.3 is 0 Å². The molecule has 1 aromatic carbocycles. The number of nitrogens with zero attached hydrogens (tertiary/aromatic N) is 1. The molecular formula is C15H24N2O. The quantitative estimate of drug-likeness (QED) is 0.890. The summed E-state index contributed by atoms with van der Waals surface area (Å²) in [6.45, 7) is 5.13. The number of anilines is 1. The first-order valence-corrected chi connectivity index (χ1v) is 6.83. The maximum atomic E-state index is 6.03. The van der Waals surface area contributed by atoms with Crippen molar-refractivity contribution in [3.63, 3.8) is 0 Å². The first-order valence-electron chi connectivity index (χ1n) is 6.83. The molecule has 100 valence electrons. The molecule has 1 heterocycles. The van der Waals surface area contributed by atoms with Crippen LogP contribution in [0.1, 0.15) is 38.3 Å².